The summed E-state index contributed by atoms with van der Waals surface area (Å²) in [5.41, 5.74) is 6.35. The van der Waals surface area contributed by atoms with E-state index in [2.05, 4.69) is 10.1 Å². The van der Waals surface area contributed by atoms with Gasteiger partial charge in [0.1, 0.15) is 5.76 Å². The monoisotopic (exact) mass is 235 g/mol. The third-order valence-corrected chi connectivity index (χ3v) is 2.97. The molecule has 92 valence electrons. The lowest BCUT2D eigenvalue weighted by Crippen LogP contribution is -2.33. The summed E-state index contributed by atoms with van der Waals surface area (Å²) in [5.74, 6) is 1.84. The van der Waals surface area contributed by atoms with E-state index < -0.39 is 5.54 Å². The van der Waals surface area contributed by atoms with Crippen LogP contribution in [-0.4, -0.2) is 10.1 Å². The van der Waals surface area contributed by atoms with Crippen molar-refractivity contribution in [1.29, 1.82) is 0 Å². The summed E-state index contributed by atoms with van der Waals surface area (Å²) in [7, 11) is 0. The molecule has 2 aromatic rings. The molecule has 5 nitrogen and oxygen atoms in total. The van der Waals surface area contributed by atoms with E-state index in [1.807, 2.05) is 26.8 Å². The SMILES string of the molecule is CCc1occc1-c1nc(C(C)(N)CC)no1. The van der Waals surface area contributed by atoms with Crippen molar-refractivity contribution in [2.45, 2.75) is 39.2 Å². The van der Waals surface area contributed by atoms with E-state index in [0.717, 1.165) is 24.2 Å². The van der Waals surface area contributed by atoms with E-state index >= 15 is 0 Å². The van der Waals surface area contributed by atoms with E-state index in [9.17, 15) is 0 Å². The maximum absolute atomic E-state index is 6.07. The third-order valence-electron chi connectivity index (χ3n) is 2.97. The first-order valence-electron chi connectivity index (χ1n) is 5.78. The van der Waals surface area contributed by atoms with Crippen LogP contribution in [0.2, 0.25) is 0 Å². The molecule has 0 aliphatic rings. The van der Waals surface area contributed by atoms with E-state index in [1.54, 1.807) is 6.26 Å². The number of hydrogen-bond donors (Lipinski definition) is 1. The topological polar surface area (TPSA) is 78.1 Å². The Morgan fingerprint density at radius 2 is 2.18 bits per heavy atom. The highest BCUT2D eigenvalue weighted by Gasteiger charge is 2.26. The van der Waals surface area contributed by atoms with Gasteiger partial charge < -0.3 is 14.7 Å². The molecule has 1 unspecified atom stereocenters. The van der Waals surface area contributed by atoms with Crippen LogP contribution in [0.25, 0.3) is 11.5 Å². The molecule has 0 saturated carbocycles. The van der Waals surface area contributed by atoms with E-state index in [0.29, 0.717) is 11.7 Å². The quantitative estimate of drug-likeness (QED) is 0.880. The molecule has 2 heterocycles. The van der Waals surface area contributed by atoms with E-state index in [-0.39, 0.29) is 0 Å². The maximum atomic E-state index is 6.07. The molecule has 1 atom stereocenters. The van der Waals surface area contributed by atoms with Gasteiger partial charge in [-0.05, 0) is 19.4 Å². The molecule has 0 radical (unpaired) electrons. The predicted octanol–water partition coefficient (Wildman–Crippen LogP) is 2.48. The first-order valence-corrected chi connectivity index (χ1v) is 5.78. The van der Waals surface area contributed by atoms with Gasteiger partial charge in [0.25, 0.3) is 5.89 Å². The van der Waals surface area contributed by atoms with Crippen LogP contribution in [0.3, 0.4) is 0 Å². The van der Waals surface area contributed by atoms with Crippen LogP contribution in [0, 0.1) is 0 Å². The molecular weight excluding hydrogens is 218 g/mol. The second-order valence-corrected chi connectivity index (χ2v) is 4.31. The summed E-state index contributed by atoms with van der Waals surface area (Å²) in [4.78, 5) is 4.34. The van der Waals surface area contributed by atoms with E-state index in [1.165, 1.54) is 0 Å². The lowest BCUT2D eigenvalue weighted by atomic mass is 10.00. The summed E-state index contributed by atoms with van der Waals surface area (Å²) in [6.45, 7) is 5.89. The van der Waals surface area contributed by atoms with Crippen LogP contribution in [0.5, 0.6) is 0 Å². The highest BCUT2D eigenvalue weighted by molar-refractivity contribution is 5.55. The fourth-order valence-electron chi connectivity index (χ4n) is 1.53. The summed E-state index contributed by atoms with van der Waals surface area (Å²) in [6, 6.07) is 1.83. The van der Waals surface area contributed by atoms with Gasteiger partial charge in [-0.1, -0.05) is 19.0 Å². The zero-order valence-electron chi connectivity index (χ0n) is 10.4. The average Bonchev–Trinajstić information content (AvgIpc) is 2.96. The van der Waals surface area contributed by atoms with Gasteiger partial charge >= 0.3 is 0 Å². The van der Waals surface area contributed by atoms with Crippen molar-refractivity contribution >= 4 is 0 Å². The Labute approximate surface area is 100.0 Å². The Morgan fingerprint density at radius 1 is 1.41 bits per heavy atom. The number of furan rings is 1. The molecule has 2 N–H and O–H groups in total. The van der Waals surface area contributed by atoms with Gasteiger partial charge in [0.2, 0.25) is 0 Å². The molecule has 0 saturated heterocycles. The minimum atomic E-state index is -0.558. The predicted molar refractivity (Wildman–Crippen MR) is 63.2 cm³/mol. The molecule has 0 aliphatic carbocycles. The zero-order chi connectivity index (χ0) is 12.5. The lowest BCUT2D eigenvalue weighted by molar-refractivity contribution is 0.378. The van der Waals surface area contributed by atoms with Crippen molar-refractivity contribution in [3.63, 3.8) is 0 Å². The maximum Gasteiger partial charge on any atom is 0.261 e. The molecule has 2 aromatic heterocycles. The van der Waals surface area contributed by atoms with Crippen molar-refractivity contribution in [2.24, 2.45) is 5.73 Å². The standard InChI is InChI=1S/C12H17N3O2/c1-4-9-8(6-7-16-9)10-14-11(15-17-10)12(3,13)5-2/h6-7H,4-5,13H2,1-3H3. The fraction of sp³-hybridized carbons (Fsp3) is 0.500. The minimum Gasteiger partial charge on any atom is -0.469 e. The fourth-order valence-corrected chi connectivity index (χ4v) is 1.53. The Kier molecular flexibility index (Phi) is 3.02. The summed E-state index contributed by atoms with van der Waals surface area (Å²) < 4.78 is 10.6. The van der Waals surface area contributed by atoms with Crippen molar-refractivity contribution < 1.29 is 8.94 Å². The molecular formula is C12H17N3O2. The molecule has 17 heavy (non-hydrogen) atoms. The first kappa shape index (κ1) is 11.9. The van der Waals surface area contributed by atoms with Crippen LogP contribution in [0.1, 0.15) is 38.8 Å². The number of rotatable bonds is 4. The number of aromatic nitrogens is 2. The van der Waals surface area contributed by atoms with Gasteiger partial charge in [0.15, 0.2) is 5.82 Å². The molecule has 0 spiro atoms. The van der Waals surface area contributed by atoms with Crippen LogP contribution in [0.4, 0.5) is 0 Å². The molecule has 2 rings (SSSR count). The van der Waals surface area contributed by atoms with Crippen molar-refractivity contribution in [3.8, 4) is 11.5 Å². The second-order valence-electron chi connectivity index (χ2n) is 4.31. The first-order chi connectivity index (χ1) is 8.08. The third kappa shape index (κ3) is 2.10. The minimum absolute atomic E-state index is 0.468. The largest absolute Gasteiger partial charge is 0.469 e. The average molecular weight is 235 g/mol. The van der Waals surface area contributed by atoms with Gasteiger partial charge in [0.05, 0.1) is 17.4 Å². The van der Waals surface area contributed by atoms with Crippen LogP contribution in [0.15, 0.2) is 21.3 Å². The van der Waals surface area contributed by atoms with Gasteiger partial charge in [0, 0.05) is 6.42 Å². The van der Waals surface area contributed by atoms with Crippen LogP contribution >= 0.6 is 0 Å². The van der Waals surface area contributed by atoms with Crippen molar-refractivity contribution in [2.75, 3.05) is 0 Å². The van der Waals surface area contributed by atoms with E-state index in [4.69, 9.17) is 14.7 Å². The lowest BCUT2D eigenvalue weighted by Gasteiger charge is -2.16. The highest BCUT2D eigenvalue weighted by Crippen LogP contribution is 2.26. The van der Waals surface area contributed by atoms with Gasteiger partial charge in [-0.25, -0.2) is 0 Å². The summed E-state index contributed by atoms with van der Waals surface area (Å²) in [6.07, 6.45) is 3.16. The van der Waals surface area contributed by atoms with Gasteiger partial charge in [-0.3, -0.25) is 0 Å². The number of aryl methyl sites for hydroxylation is 1. The number of nitrogens with two attached hydrogens (primary N) is 1. The molecule has 0 fully saturated rings. The Morgan fingerprint density at radius 3 is 2.82 bits per heavy atom. The van der Waals surface area contributed by atoms with Crippen LogP contribution < -0.4 is 5.73 Å². The van der Waals surface area contributed by atoms with Gasteiger partial charge in [-0.2, -0.15) is 4.98 Å². The Bertz CT molecular complexity index is 499. The summed E-state index contributed by atoms with van der Waals surface area (Å²) >= 11 is 0. The van der Waals surface area contributed by atoms with Crippen molar-refractivity contribution in [1.82, 2.24) is 10.1 Å². The molecule has 0 aliphatic heterocycles. The highest BCUT2D eigenvalue weighted by atomic mass is 16.5. The molecule has 0 aromatic carbocycles. The molecule has 0 amide bonds. The second kappa shape index (κ2) is 4.33. The Balaban J connectivity index is 2.36. The molecule has 5 heteroatoms. The Hall–Kier alpha value is -1.62. The summed E-state index contributed by atoms with van der Waals surface area (Å²) in [5, 5.41) is 3.94. The number of nitrogens with zero attached hydrogens (tertiary/aromatic N) is 2. The molecule has 0 bridgehead atoms. The van der Waals surface area contributed by atoms with Crippen LogP contribution in [-0.2, 0) is 12.0 Å². The van der Waals surface area contributed by atoms with Crippen molar-refractivity contribution in [3.05, 3.63) is 23.9 Å². The number of hydrogen-bond acceptors (Lipinski definition) is 5. The van der Waals surface area contributed by atoms with Gasteiger partial charge in [-0.15, -0.1) is 0 Å². The zero-order valence-corrected chi connectivity index (χ0v) is 10.4. The normalized spacial score (nSPS) is 14.8. The smallest absolute Gasteiger partial charge is 0.261 e.